The number of carbonyl (C=O) groups excluding carboxylic acids is 1. The minimum Gasteiger partial charge on any atom is -0.479 e. The maximum atomic E-state index is 12.1. The maximum absolute atomic E-state index is 12.1. The van der Waals surface area contributed by atoms with E-state index in [0.717, 1.165) is 30.3 Å². The number of aliphatic carboxylic acids is 1. The zero-order chi connectivity index (χ0) is 16.7. The average Bonchev–Trinajstić information content (AvgIpc) is 3.10. The second-order valence-corrected chi connectivity index (χ2v) is 8.55. The quantitative estimate of drug-likeness (QED) is 0.565. The number of hydrogen-bond acceptors (Lipinski definition) is 6. The number of hydrogen-bond donors (Lipinski definition) is 2. The summed E-state index contributed by atoms with van der Waals surface area (Å²) in [5.41, 5.74) is 0. The van der Waals surface area contributed by atoms with E-state index >= 15 is 0 Å². The van der Waals surface area contributed by atoms with E-state index in [1.54, 1.807) is 12.3 Å². The van der Waals surface area contributed by atoms with E-state index in [0.29, 0.717) is 4.91 Å². The molecule has 0 bridgehead atoms. The molecule has 23 heavy (non-hydrogen) atoms. The molecule has 0 saturated carbocycles. The van der Waals surface area contributed by atoms with Gasteiger partial charge in [-0.3, -0.25) is 4.79 Å². The van der Waals surface area contributed by atoms with Crippen LogP contribution in [-0.4, -0.2) is 66.8 Å². The summed E-state index contributed by atoms with van der Waals surface area (Å²) in [5, 5.41) is 20.6. The number of amides is 1. The standard InChI is InChI=1S/C14H18N2O4S3/c1-7(17)9-11(18)16-10(13(19)20)8(23-12(9)16)6-22-14(21)15-4-2-3-5-15/h6-7,9-10,12,17H,2-5H2,1H3,(H,19,20)/t7?,9-,10?,12?/m0/s1. The van der Waals surface area contributed by atoms with Gasteiger partial charge in [-0.25, -0.2) is 4.79 Å². The van der Waals surface area contributed by atoms with Crippen molar-refractivity contribution < 1.29 is 19.8 Å². The van der Waals surface area contributed by atoms with Crippen molar-refractivity contribution in [2.75, 3.05) is 13.1 Å². The molecule has 6 nitrogen and oxygen atoms in total. The van der Waals surface area contributed by atoms with Gasteiger partial charge >= 0.3 is 5.97 Å². The second kappa shape index (κ2) is 6.62. The molecule has 3 saturated heterocycles. The number of nitrogens with zero attached hydrogens (tertiary/aromatic N) is 2. The molecule has 4 atom stereocenters. The summed E-state index contributed by atoms with van der Waals surface area (Å²) in [6, 6.07) is -0.957. The molecule has 0 aromatic carbocycles. The number of carboxylic acid groups (broad SMARTS) is 1. The highest BCUT2D eigenvalue weighted by molar-refractivity contribution is 8.25. The summed E-state index contributed by atoms with van der Waals surface area (Å²) >= 11 is 8.08. The Balaban J connectivity index is 1.73. The molecule has 0 aromatic rings. The Hall–Kier alpha value is -0.770. The number of carbonyl (C=O) groups is 2. The van der Waals surface area contributed by atoms with Crippen LogP contribution >= 0.6 is 35.7 Å². The van der Waals surface area contributed by atoms with Crippen molar-refractivity contribution >= 4 is 51.9 Å². The monoisotopic (exact) mass is 374 g/mol. The molecule has 3 aliphatic heterocycles. The molecule has 0 radical (unpaired) electrons. The van der Waals surface area contributed by atoms with Crippen molar-refractivity contribution in [1.29, 1.82) is 0 Å². The lowest BCUT2D eigenvalue weighted by Gasteiger charge is -2.44. The Labute approximate surface area is 148 Å². The van der Waals surface area contributed by atoms with Crippen molar-refractivity contribution in [3.8, 4) is 0 Å². The van der Waals surface area contributed by atoms with E-state index in [1.165, 1.54) is 28.4 Å². The molecule has 0 spiro atoms. The van der Waals surface area contributed by atoms with Crippen LogP contribution in [0.5, 0.6) is 0 Å². The van der Waals surface area contributed by atoms with Gasteiger partial charge in [0.15, 0.2) is 6.04 Å². The molecule has 1 amide bonds. The summed E-state index contributed by atoms with van der Waals surface area (Å²) in [6.07, 6.45) is 1.48. The Bertz CT molecular complexity index is 574. The van der Waals surface area contributed by atoms with Crippen molar-refractivity contribution in [2.45, 2.75) is 37.3 Å². The Morgan fingerprint density at radius 2 is 2.13 bits per heavy atom. The first-order valence-electron chi connectivity index (χ1n) is 7.47. The minimum atomic E-state index is -1.05. The van der Waals surface area contributed by atoms with E-state index in [2.05, 4.69) is 4.90 Å². The van der Waals surface area contributed by atoms with E-state index in [9.17, 15) is 19.8 Å². The average molecular weight is 375 g/mol. The van der Waals surface area contributed by atoms with Crippen LogP contribution in [0.2, 0.25) is 0 Å². The van der Waals surface area contributed by atoms with Crippen LogP contribution in [0.3, 0.4) is 0 Å². The van der Waals surface area contributed by atoms with Gasteiger partial charge in [0.1, 0.15) is 4.32 Å². The third-order valence-electron chi connectivity index (χ3n) is 4.32. The predicted molar refractivity (Wildman–Crippen MR) is 93.9 cm³/mol. The topological polar surface area (TPSA) is 81.1 Å². The summed E-state index contributed by atoms with van der Waals surface area (Å²) in [7, 11) is 0. The van der Waals surface area contributed by atoms with Crippen molar-refractivity contribution in [3.05, 3.63) is 10.3 Å². The van der Waals surface area contributed by atoms with Crippen LogP contribution < -0.4 is 0 Å². The van der Waals surface area contributed by atoms with Gasteiger partial charge < -0.3 is 20.0 Å². The molecule has 0 aromatic heterocycles. The molecule has 3 aliphatic rings. The van der Waals surface area contributed by atoms with Gasteiger partial charge in [-0.1, -0.05) is 24.0 Å². The van der Waals surface area contributed by atoms with E-state index in [1.807, 2.05) is 0 Å². The third kappa shape index (κ3) is 2.99. The number of β-lactam (4-membered cyclic amide) rings is 1. The fourth-order valence-electron chi connectivity index (χ4n) is 3.12. The number of rotatable bonds is 3. The molecule has 3 heterocycles. The summed E-state index contributed by atoms with van der Waals surface area (Å²) in [5.74, 6) is -1.86. The van der Waals surface area contributed by atoms with Crippen LogP contribution in [0.1, 0.15) is 19.8 Å². The summed E-state index contributed by atoms with van der Waals surface area (Å²) < 4.78 is 0.743. The Morgan fingerprint density at radius 1 is 1.48 bits per heavy atom. The number of carboxylic acids is 1. The lowest BCUT2D eigenvalue weighted by atomic mass is 9.91. The lowest BCUT2D eigenvalue weighted by molar-refractivity contribution is -0.165. The molecule has 0 aliphatic carbocycles. The zero-order valence-corrected chi connectivity index (χ0v) is 15.0. The highest BCUT2D eigenvalue weighted by atomic mass is 32.2. The summed E-state index contributed by atoms with van der Waals surface area (Å²) in [4.78, 5) is 27.8. The Kier molecular flexibility index (Phi) is 4.91. The van der Waals surface area contributed by atoms with Crippen molar-refractivity contribution in [2.24, 2.45) is 5.92 Å². The number of fused-ring (bicyclic) bond motifs is 1. The minimum absolute atomic E-state index is 0.291. The SMILES string of the molecule is CC(O)[C@H]1C(=O)N2C(C(=O)O)C(=CSC(=S)N3CCCC3)SC12. The normalized spacial score (nSPS) is 32.9. The number of aliphatic hydroxyl groups excluding tert-OH is 1. The molecule has 3 unspecified atom stereocenters. The lowest BCUT2D eigenvalue weighted by Crippen LogP contribution is -2.63. The van der Waals surface area contributed by atoms with Gasteiger partial charge in [0.25, 0.3) is 0 Å². The highest BCUT2D eigenvalue weighted by Crippen LogP contribution is 2.51. The van der Waals surface area contributed by atoms with Crippen LogP contribution in [-0.2, 0) is 9.59 Å². The van der Waals surface area contributed by atoms with Crippen molar-refractivity contribution in [3.63, 3.8) is 0 Å². The molecular formula is C14H18N2O4S3. The van der Waals surface area contributed by atoms with Gasteiger partial charge in [0.2, 0.25) is 5.91 Å². The highest BCUT2D eigenvalue weighted by Gasteiger charge is 2.60. The molecule has 2 N–H and O–H groups in total. The first-order chi connectivity index (χ1) is 10.9. The van der Waals surface area contributed by atoms with Crippen LogP contribution in [0.4, 0.5) is 0 Å². The van der Waals surface area contributed by atoms with E-state index in [4.69, 9.17) is 12.2 Å². The molecule has 3 rings (SSSR count). The van der Waals surface area contributed by atoms with Gasteiger partial charge in [-0.05, 0) is 25.2 Å². The third-order valence-corrected chi connectivity index (χ3v) is 7.22. The first-order valence-corrected chi connectivity index (χ1v) is 9.64. The van der Waals surface area contributed by atoms with Gasteiger partial charge in [0.05, 0.1) is 17.4 Å². The maximum Gasteiger partial charge on any atom is 0.331 e. The summed E-state index contributed by atoms with van der Waals surface area (Å²) in [6.45, 7) is 3.46. The second-order valence-electron chi connectivity index (χ2n) is 5.86. The van der Waals surface area contributed by atoms with Crippen LogP contribution in [0, 0.1) is 5.92 Å². The molecule has 126 valence electrons. The largest absolute Gasteiger partial charge is 0.479 e. The zero-order valence-electron chi connectivity index (χ0n) is 12.5. The number of aliphatic hydroxyl groups is 1. The molecule has 9 heteroatoms. The van der Waals surface area contributed by atoms with Gasteiger partial charge in [0, 0.05) is 18.0 Å². The smallest absolute Gasteiger partial charge is 0.331 e. The van der Waals surface area contributed by atoms with E-state index < -0.39 is 24.0 Å². The van der Waals surface area contributed by atoms with Crippen molar-refractivity contribution in [1.82, 2.24) is 9.80 Å². The van der Waals surface area contributed by atoms with Gasteiger partial charge in [-0.2, -0.15) is 0 Å². The fourth-order valence-corrected chi connectivity index (χ4v) is 5.94. The van der Waals surface area contributed by atoms with Gasteiger partial charge in [-0.15, -0.1) is 11.8 Å². The fraction of sp³-hybridized carbons (Fsp3) is 0.643. The molecule has 3 fully saturated rings. The van der Waals surface area contributed by atoms with Crippen LogP contribution in [0.25, 0.3) is 0 Å². The molecular weight excluding hydrogens is 356 g/mol. The predicted octanol–water partition coefficient (Wildman–Crippen LogP) is 1.31. The number of thiocarbonyl (C=S) groups is 1. The van der Waals surface area contributed by atoms with E-state index in [-0.39, 0.29) is 11.3 Å². The first kappa shape index (κ1) is 17.1. The van der Waals surface area contributed by atoms with Crippen LogP contribution in [0.15, 0.2) is 10.3 Å². The number of thioether (sulfide) groups is 2. The number of likely N-dealkylation sites (tertiary alicyclic amines) is 1. The Morgan fingerprint density at radius 3 is 2.70 bits per heavy atom.